The van der Waals surface area contributed by atoms with E-state index in [2.05, 4.69) is 113 Å². The van der Waals surface area contributed by atoms with Gasteiger partial charge in [-0.05, 0) is 164 Å². The first-order valence-electron chi connectivity index (χ1n) is 28.3. The summed E-state index contributed by atoms with van der Waals surface area (Å²) in [7, 11) is 0. The lowest BCUT2D eigenvalue weighted by Gasteiger charge is -2.33. The van der Waals surface area contributed by atoms with E-state index in [4.69, 9.17) is 0 Å². The van der Waals surface area contributed by atoms with Crippen LogP contribution in [0.3, 0.4) is 0 Å². The highest BCUT2D eigenvalue weighted by atomic mass is 14.5. The normalized spacial score (nSPS) is 15.0. The SMILES string of the molecule is CCCCCCCCC1(CCCCCCCC)c2ccccc2-c2cc3c(cc21)-c1cc2c(cc1C3)-c1cc3c(cc1C2)-c1ccccc1C3(CCCCCCCC)CCCCCCCC. The zero-order valence-corrected chi connectivity index (χ0v) is 42.3. The van der Waals surface area contributed by atoms with Gasteiger partial charge in [-0.15, -0.1) is 0 Å². The standard InChI is InChI=1S/C66H86/c1-5-9-13-17-21-29-37-65(38-30-22-18-14-10-6-2)61-35-27-25-33-53(61)59-45-51-41-49-44-56-50(43-55(49)57(51)47-63(59)65)42-52-46-60-54-34-26-28-36-62(54)66(64(60)48-58(52)56,39-31-23-19-15-11-7-3)40-32-24-20-16-12-8-4/h25-28,33-36,43-48H,5-24,29-32,37-42H2,1-4H3. The van der Waals surface area contributed by atoms with E-state index in [0.717, 1.165) is 12.8 Å². The Hall–Kier alpha value is -3.90. The van der Waals surface area contributed by atoms with Gasteiger partial charge in [0, 0.05) is 10.8 Å². The Balaban J connectivity index is 1.05. The van der Waals surface area contributed by atoms with Crippen LogP contribution < -0.4 is 0 Å². The summed E-state index contributed by atoms with van der Waals surface area (Å²) < 4.78 is 0. The van der Waals surface area contributed by atoms with Crippen molar-refractivity contribution in [2.45, 2.75) is 231 Å². The summed E-state index contributed by atoms with van der Waals surface area (Å²) >= 11 is 0. The Morgan fingerprint density at radius 2 is 0.545 bits per heavy atom. The summed E-state index contributed by atoms with van der Waals surface area (Å²) in [6, 6.07) is 35.5. The lowest BCUT2D eigenvalue weighted by atomic mass is 9.70. The average molecular weight is 879 g/mol. The van der Waals surface area contributed by atoms with E-state index >= 15 is 0 Å². The van der Waals surface area contributed by atoms with Crippen LogP contribution in [-0.2, 0) is 23.7 Å². The molecule has 5 aromatic rings. The van der Waals surface area contributed by atoms with Crippen molar-refractivity contribution < 1.29 is 0 Å². The van der Waals surface area contributed by atoms with E-state index in [1.54, 1.807) is 66.8 Å². The molecular formula is C66H86. The van der Waals surface area contributed by atoms with Crippen LogP contribution in [0.5, 0.6) is 0 Å². The minimum atomic E-state index is 0.126. The van der Waals surface area contributed by atoms with Crippen molar-refractivity contribution in [3.8, 4) is 44.5 Å². The Bertz CT molecular complexity index is 2200. The molecule has 0 radical (unpaired) electrons. The molecule has 9 rings (SSSR count). The van der Waals surface area contributed by atoms with Gasteiger partial charge >= 0.3 is 0 Å². The summed E-state index contributed by atoms with van der Waals surface area (Å²) in [5.74, 6) is 0. The minimum absolute atomic E-state index is 0.126. The van der Waals surface area contributed by atoms with Gasteiger partial charge in [0.05, 0.1) is 0 Å². The van der Waals surface area contributed by atoms with Crippen molar-refractivity contribution in [2.24, 2.45) is 0 Å². The highest BCUT2D eigenvalue weighted by Crippen LogP contribution is 2.59. The molecule has 4 aliphatic carbocycles. The van der Waals surface area contributed by atoms with Crippen molar-refractivity contribution in [3.63, 3.8) is 0 Å². The predicted molar refractivity (Wildman–Crippen MR) is 287 cm³/mol. The molecule has 0 unspecified atom stereocenters. The molecule has 0 N–H and O–H groups in total. The van der Waals surface area contributed by atoms with Gasteiger partial charge in [-0.1, -0.05) is 230 Å². The minimum Gasteiger partial charge on any atom is -0.0654 e. The second kappa shape index (κ2) is 22.0. The van der Waals surface area contributed by atoms with Gasteiger partial charge in [0.2, 0.25) is 0 Å². The van der Waals surface area contributed by atoms with Crippen LogP contribution in [-0.4, -0.2) is 0 Å². The van der Waals surface area contributed by atoms with Gasteiger partial charge in [-0.2, -0.15) is 0 Å². The third kappa shape index (κ3) is 9.32. The van der Waals surface area contributed by atoms with E-state index in [1.807, 2.05) is 0 Å². The van der Waals surface area contributed by atoms with Crippen molar-refractivity contribution in [1.29, 1.82) is 0 Å². The van der Waals surface area contributed by atoms with Crippen LogP contribution in [0.15, 0.2) is 84.9 Å². The van der Waals surface area contributed by atoms with E-state index in [9.17, 15) is 0 Å². The first-order valence-corrected chi connectivity index (χ1v) is 28.3. The molecule has 0 amide bonds. The van der Waals surface area contributed by atoms with Crippen molar-refractivity contribution in [1.82, 2.24) is 0 Å². The molecule has 0 saturated heterocycles. The Kier molecular flexibility index (Phi) is 15.7. The summed E-state index contributed by atoms with van der Waals surface area (Å²) in [4.78, 5) is 0. The van der Waals surface area contributed by atoms with Crippen molar-refractivity contribution >= 4 is 0 Å². The van der Waals surface area contributed by atoms with Gasteiger partial charge in [-0.25, -0.2) is 0 Å². The van der Waals surface area contributed by atoms with E-state index in [-0.39, 0.29) is 10.8 Å². The van der Waals surface area contributed by atoms with E-state index in [0.29, 0.717) is 0 Å². The maximum absolute atomic E-state index is 2.75. The average Bonchev–Trinajstić information content (AvgIpc) is 4.04. The molecule has 0 nitrogen and oxygen atoms in total. The highest BCUT2D eigenvalue weighted by molar-refractivity contribution is 5.92. The zero-order chi connectivity index (χ0) is 45.4. The topological polar surface area (TPSA) is 0 Å². The molecule has 0 aliphatic heterocycles. The summed E-state index contributed by atoms with van der Waals surface area (Å²) in [6.07, 6.45) is 40.0. The van der Waals surface area contributed by atoms with Gasteiger partial charge < -0.3 is 0 Å². The molecule has 0 heteroatoms. The van der Waals surface area contributed by atoms with Gasteiger partial charge in [-0.3, -0.25) is 0 Å². The van der Waals surface area contributed by atoms with Gasteiger partial charge in [0.15, 0.2) is 0 Å². The first-order chi connectivity index (χ1) is 32.6. The van der Waals surface area contributed by atoms with Crippen molar-refractivity contribution in [3.05, 3.63) is 129 Å². The third-order valence-electron chi connectivity index (χ3n) is 17.5. The second-order valence-electron chi connectivity index (χ2n) is 22.0. The smallest absolute Gasteiger partial charge is 0.0215 e. The number of hydrogen-bond donors (Lipinski definition) is 0. The monoisotopic (exact) mass is 879 g/mol. The Labute approximate surface area is 403 Å². The number of hydrogen-bond acceptors (Lipinski definition) is 0. The van der Waals surface area contributed by atoms with E-state index in [1.165, 1.54) is 202 Å². The number of benzene rings is 5. The maximum atomic E-state index is 2.75. The molecule has 66 heavy (non-hydrogen) atoms. The lowest BCUT2D eigenvalue weighted by Crippen LogP contribution is -2.25. The zero-order valence-electron chi connectivity index (χ0n) is 42.3. The highest BCUT2D eigenvalue weighted by Gasteiger charge is 2.45. The molecule has 0 fully saturated rings. The molecule has 0 saturated carbocycles. The largest absolute Gasteiger partial charge is 0.0654 e. The Morgan fingerprint density at radius 1 is 0.273 bits per heavy atom. The van der Waals surface area contributed by atoms with E-state index < -0.39 is 0 Å². The molecule has 0 aromatic heterocycles. The molecule has 5 aromatic carbocycles. The maximum Gasteiger partial charge on any atom is 0.0215 e. The number of unbranched alkanes of at least 4 members (excludes halogenated alkanes) is 20. The van der Waals surface area contributed by atoms with Crippen LogP contribution in [0, 0.1) is 0 Å². The van der Waals surface area contributed by atoms with Crippen LogP contribution in [0.4, 0.5) is 0 Å². The van der Waals surface area contributed by atoms with Gasteiger partial charge in [0.1, 0.15) is 0 Å². The van der Waals surface area contributed by atoms with Crippen LogP contribution in [0.2, 0.25) is 0 Å². The third-order valence-corrected chi connectivity index (χ3v) is 17.5. The first kappa shape index (κ1) is 47.2. The van der Waals surface area contributed by atoms with Crippen LogP contribution >= 0.6 is 0 Å². The van der Waals surface area contributed by atoms with Crippen LogP contribution in [0.25, 0.3) is 44.5 Å². The second-order valence-corrected chi connectivity index (χ2v) is 22.0. The molecule has 4 aliphatic rings. The lowest BCUT2D eigenvalue weighted by molar-refractivity contribution is 0.398. The molecule has 350 valence electrons. The summed E-state index contributed by atoms with van der Waals surface area (Å²) in [5.41, 5.74) is 25.3. The number of fused-ring (bicyclic) bond motifs is 12. The Morgan fingerprint density at radius 3 is 0.879 bits per heavy atom. The fourth-order valence-electron chi connectivity index (χ4n) is 13.9. The quantitative estimate of drug-likeness (QED) is 0.0430. The summed E-state index contributed by atoms with van der Waals surface area (Å²) in [6.45, 7) is 9.37. The van der Waals surface area contributed by atoms with Gasteiger partial charge in [0.25, 0.3) is 0 Å². The fraction of sp³-hybridized carbons (Fsp3) is 0.545. The molecule has 0 atom stereocenters. The molecular weight excluding hydrogens is 793 g/mol. The number of rotatable bonds is 28. The van der Waals surface area contributed by atoms with Crippen molar-refractivity contribution in [2.75, 3.05) is 0 Å². The molecule has 0 bridgehead atoms. The predicted octanol–water partition coefficient (Wildman–Crippen LogP) is 20.4. The van der Waals surface area contributed by atoms with Crippen LogP contribution in [0.1, 0.15) is 252 Å². The molecule has 0 heterocycles. The fourth-order valence-corrected chi connectivity index (χ4v) is 13.9. The molecule has 0 spiro atoms. The summed E-state index contributed by atoms with van der Waals surface area (Å²) in [5, 5.41) is 0.